The van der Waals surface area contributed by atoms with E-state index in [-0.39, 0.29) is 24.1 Å². The molecule has 1 amide bonds. The van der Waals surface area contributed by atoms with Crippen LogP contribution >= 0.6 is 0 Å². The maximum absolute atomic E-state index is 13.5. The fraction of sp³-hybridized carbons (Fsp3) is 0.382. The number of hydrogen-bond donors (Lipinski definition) is 3. The van der Waals surface area contributed by atoms with Crippen LogP contribution in [0.15, 0.2) is 72.8 Å². The highest BCUT2D eigenvalue weighted by Crippen LogP contribution is 2.46. The molecule has 3 aromatic rings. The summed E-state index contributed by atoms with van der Waals surface area (Å²) in [6.45, 7) is 0. The van der Waals surface area contributed by atoms with Crippen molar-refractivity contribution in [2.24, 2.45) is 11.8 Å². The van der Waals surface area contributed by atoms with Gasteiger partial charge in [-0.25, -0.2) is 12.8 Å². The lowest BCUT2D eigenvalue weighted by Gasteiger charge is -2.48. The van der Waals surface area contributed by atoms with E-state index in [9.17, 15) is 32.3 Å². The van der Waals surface area contributed by atoms with Crippen LogP contribution in [-0.4, -0.2) is 53.6 Å². The lowest BCUT2D eigenvalue weighted by molar-refractivity contribution is -0.154. The molecule has 0 aromatic heterocycles. The molecule has 45 heavy (non-hydrogen) atoms. The summed E-state index contributed by atoms with van der Waals surface area (Å²) in [5.41, 5.74) is 4.02. The van der Waals surface area contributed by atoms with Gasteiger partial charge in [-0.3, -0.25) is 14.4 Å². The maximum Gasteiger partial charge on any atom is 0.317 e. The van der Waals surface area contributed by atoms with E-state index in [1.54, 1.807) is 4.90 Å². The van der Waals surface area contributed by atoms with Crippen LogP contribution in [0.2, 0.25) is 0 Å². The van der Waals surface area contributed by atoms with Crippen molar-refractivity contribution in [3.63, 3.8) is 0 Å². The zero-order valence-corrected chi connectivity index (χ0v) is 25.8. The number of rotatable bonds is 16. The highest BCUT2D eigenvalue weighted by molar-refractivity contribution is 7.90. The van der Waals surface area contributed by atoms with Gasteiger partial charge in [-0.2, -0.15) is 0 Å². The molecule has 0 bridgehead atoms. The number of hydrogen-bond acceptors (Lipinski definition) is 6. The highest BCUT2D eigenvalue weighted by atomic mass is 32.2. The second-order valence-corrected chi connectivity index (χ2v) is 13.9. The molecule has 0 radical (unpaired) electrons. The Morgan fingerprint density at radius 2 is 1.40 bits per heavy atom. The lowest BCUT2D eigenvalue weighted by Crippen LogP contribution is -2.55. The topological polar surface area (TPSA) is 149 Å². The summed E-state index contributed by atoms with van der Waals surface area (Å²) in [5, 5.41) is 28.9. The normalized spacial score (nSPS) is 17.2. The van der Waals surface area contributed by atoms with Crippen LogP contribution in [0.5, 0.6) is 0 Å². The standard InChI is InChI=1S/C34H38FNO8S/c1-45(43,44)21-3-5-23-9-17-27(18-10-23)36-31(28(32(36)38)19-20-30(37)24-13-15-26(35)16-14-24)25-11-7-22(8-12-25)4-2-6-29(33(39)40)34(41)42/h7-18,28-31,37H,2-6,19-21H2,1H3,(H,39,40)(H,41,42)/t28-,30+,31-/m1/s1. The smallest absolute Gasteiger partial charge is 0.317 e. The van der Waals surface area contributed by atoms with Crippen LogP contribution in [0.25, 0.3) is 0 Å². The van der Waals surface area contributed by atoms with Gasteiger partial charge in [0.15, 0.2) is 5.92 Å². The minimum absolute atomic E-state index is 0.0139. The Morgan fingerprint density at radius 3 is 1.96 bits per heavy atom. The molecule has 4 rings (SSSR count). The molecular weight excluding hydrogens is 601 g/mol. The van der Waals surface area contributed by atoms with E-state index in [0.29, 0.717) is 49.8 Å². The number of aliphatic hydroxyl groups excluding tert-OH is 1. The number of amides is 1. The summed E-state index contributed by atoms with van der Waals surface area (Å²) in [7, 11) is -3.05. The predicted molar refractivity (Wildman–Crippen MR) is 167 cm³/mol. The molecular formula is C34H38FNO8S. The number of carboxylic acid groups (broad SMARTS) is 2. The van der Waals surface area contributed by atoms with Gasteiger partial charge in [-0.05, 0) is 91.5 Å². The molecule has 240 valence electrons. The first-order chi connectivity index (χ1) is 21.3. The lowest BCUT2D eigenvalue weighted by atomic mass is 9.78. The van der Waals surface area contributed by atoms with Crippen molar-refractivity contribution in [3.05, 3.63) is 101 Å². The Kier molecular flexibility index (Phi) is 11.1. The third-order valence-electron chi connectivity index (χ3n) is 8.29. The van der Waals surface area contributed by atoms with Crippen molar-refractivity contribution in [1.29, 1.82) is 0 Å². The molecule has 0 spiro atoms. The number of benzene rings is 3. The molecule has 1 heterocycles. The van der Waals surface area contributed by atoms with Gasteiger partial charge in [-0.1, -0.05) is 48.5 Å². The van der Waals surface area contributed by atoms with E-state index in [1.807, 2.05) is 48.5 Å². The number of carbonyl (C=O) groups excluding carboxylic acids is 1. The third kappa shape index (κ3) is 8.98. The fourth-order valence-electron chi connectivity index (χ4n) is 5.79. The molecule has 1 aliphatic rings. The molecule has 0 aliphatic carbocycles. The van der Waals surface area contributed by atoms with Crippen molar-refractivity contribution in [1.82, 2.24) is 0 Å². The summed E-state index contributed by atoms with van der Waals surface area (Å²) in [6.07, 6.45) is 3.05. The first-order valence-corrected chi connectivity index (χ1v) is 17.0. The average Bonchev–Trinajstić information content (AvgIpc) is 2.98. The number of anilines is 1. The molecule has 1 aliphatic heterocycles. The largest absolute Gasteiger partial charge is 0.481 e. The van der Waals surface area contributed by atoms with E-state index in [4.69, 9.17) is 10.2 Å². The molecule has 1 saturated heterocycles. The Morgan fingerprint density at radius 1 is 0.844 bits per heavy atom. The molecule has 9 nitrogen and oxygen atoms in total. The van der Waals surface area contributed by atoms with Crippen LogP contribution in [0, 0.1) is 17.7 Å². The van der Waals surface area contributed by atoms with Crippen molar-refractivity contribution >= 4 is 33.4 Å². The number of carbonyl (C=O) groups is 3. The number of aliphatic hydroxyl groups is 1. The monoisotopic (exact) mass is 639 g/mol. The zero-order chi connectivity index (χ0) is 32.7. The molecule has 0 unspecified atom stereocenters. The van der Waals surface area contributed by atoms with Crippen LogP contribution in [0.4, 0.5) is 10.1 Å². The summed E-state index contributed by atoms with van der Waals surface area (Å²) >= 11 is 0. The highest BCUT2D eigenvalue weighted by Gasteiger charge is 2.48. The van der Waals surface area contributed by atoms with Crippen LogP contribution in [-0.2, 0) is 37.1 Å². The van der Waals surface area contributed by atoms with Crippen molar-refractivity contribution in [2.75, 3.05) is 16.9 Å². The third-order valence-corrected chi connectivity index (χ3v) is 9.32. The summed E-state index contributed by atoms with van der Waals surface area (Å²) < 4.78 is 36.3. The average molecular weight is 640 g/mol. The molecule has 1 fully saturated rings. The van der Waals surface area contributed by atoms with Crippen molar-refractivity contribution in [2.45, 2.75) is 57.1 Å². The van der Waals surface area contributed by atoms with Crippen molar-refractivity contribution < 1.29 is 42.5 Å². The van der Waals surface area contributed by atoms with Gasteiger partial charge in [0, 0.05) is 11.9 Å². The number of halogens is 1. The van der Waals surface area contributed by atoms with Crippen LogP contribution in [0.1, 0.15) is 66.5 Å². The van der Waals surface area contributed by atoms with E-state index < -0.39 is 45.5 Å². The van der Waals surface area contributed by atoms with Crippen LogP contribution < -0.4 is 4.90 Å². The second kappa shape index (κ2) is 14.8. The number of β-lactam (4-membered cyclic amide) rings is 1. The van der Waals surface area contributed by atoms with Gasteiger partial charge < -0.3 is 20.2 Å². The predicted octanol–water partition coefficient (Wildman–Crippen LogP) is 5.13. The SMILES string of the molecule is CS(=O)(=O)CCCc1ccc(N2C(=O)[C@H](CC[C@H](O)c3ccc(F)cc3)[C@H]2c2ccc(CCCC(C(=O)O)C(=O)O)cc2)cc1. The summed E-state index contributed by atoms with van der Waals surface area (Å²) in [6, 6.07) is 20.4. The second-order valence-electron chi connectivity index (χ2n) is 11.7. The summed E-state index contributed by atoms with van der Waals surface area (Å²) in [4.78, 5) is 37.6. The van der Waals surface area contributed by atoms with Crippen LogP contribution in [0.3, 0.4) is 0 Å². The quantitative estimate of drug-likeness (QED) is 0.144. The van der Waals surface area contributed by atoms with E-state index >= 15 is 0 Å². The van der Waals surface area contributed by atoms with Gasteiger partial charge in [-0.15, -0.1) is 0 Å². The number of sulfone groups is 1. The van der Waals surface area contributed by atoms with Gasteiger partial charge >= 0.3 is 11.9 Å². The fourth-order valence-corrected chi connectivity index (χ4v) is 6.46. The maximum atomic E-state index is 13.5. The zero-order valence-electron chi connectivity index (χ0n) is 25.0. The molecule has 0 saturated carbocycles. The minimum Gasteiger partial charge on any atom is -0.481 e. The van der Waals surface area contributed by atoms with Gasteiger partial charge in [0.25, 0.3) is 0 Å². The Bertz CT molecular complexity index is 1580. The Labute approximate surface area is 262 Å². The Hall–Kier alpha value is -4.09. The number of aryl methyl sites for hydroxylation is 2. The van der Waals surface area contributed by atoms with E-state index in [0.717, 1.165) is 16.7 Å². The molecule has 3 atom stereocenters. The van der Waals surface area contributed by atoms with Gasteiger partial charge in [0.1, 0.15) is 15.7 Å². The number of carboxylic acids is 2. The van der Waals surface area contributed by atoms with E-state index in [2.05, 4.69) is 0 Å². The van der Waals surface area contributed by atoms with Crippen molar-refractivity contribution in [3.8, 4) is 0 Å². The van der Waals surface area contributed by atoms with Gasteiger partial charge in [0.2, 0.25) is 5.91 Å². The number of nitrogens with zero attached hydrogens (tertiary/aromatic N) is 1. The summed E-state index contributed by atoms with van der Waals surface area (Å²) in [5.74, 6) is -4.96. The van der Waals surface area contributed by atoms with Gasteiger partial charge in [0.05, 0.1) is 23.8 Å². The molecule has 3 aromatic carbocycles. The first-order valence-electron chi connectivity index (χ1n) is 14.9. The molecule has 11 heteroatoms. The number of aliphatic carboxylic acids is 2. The Balaban J connectivity index is 1.49. The first kappa shape index (κ1) is 33.8. The molecule has 3 N–H and O–H groups in total. The van der Waals surface area contributed by atoms with E-state index in [1.165, 1.54) is 30.5 Å². The minimum atomic E-state index is -3.05.